The number of rotatable bonds is 6. The number of nitrogens with one attached hydrogen (secondary N) is 1. The van der Waals surface area contributed by atoms with E-state index < -0.39 is 0 Å². The zero-order valence-corrected chi connectivity index (χ0v) is 13.7. The van der Waals surface area contributed by atoms with E-state index in [0.29, 0.717) is 11.5 Å². The first-order valence-corrected chi connectivity index (χ1v) is 7.76. The van der Waals surface area contributed by atoms with Crippen molar-refractivity contribution in [2.75, 3.05) is 11.9 Å². The number of amides is 1. The van der Waals surface area contributed by atoms with Crippen molar-refractivity contribution in [1.82, 2.24) is 5.16 Å². The minimum atomic E-state index is -0.313. The summed E-state index contributed by atoms with van der Waals surface area (Å²) in [6, 6.07) is 15.1. The van der Waals surface area contributed by atoms with Crippen molar-refractivity contribution in [3.05, 3.63) is 71.7 Å². The van der Waals surface area contributed by atoms with E-state index in [0.717, 1.165) is 16.8 Å². The number of ether oxygens (including phenoxy) is 1. The molecule has 0 spiro atoms. The minimum absolute atomic E-state index is 0.0902. The fraction of sp³-hybridized carbons (Fsp3) is 0.158. The van der Waals surface area contributed by atoms with E-state index in [-0.39, 0.29) is 24.9 Å². The molecule has 0 saturated carbocycles. The van der Waals surface area contributed by atoms with Crippen molar-refractivity contribution in [1.29, 1.82) is 0 Å². The highest BCUT2D eigenvalue weighted by atomic mass is 19.1. The molecule has 0 unspecified atom stereocenters. The SMILES string of the molecule is Cc1ccccc1NC(=O)COCc1cc(-c2ccc(F)cc2)on1. The van der Waals surface area contributed by atoms with Crippen molar-refractivity contribution in [3.63, 3.8) is 0 Å². The van der Waals surface area contributed by atoms with Gasteiger partial charge in [0.25, 0.3) is 0 Å². The van der Waals surface area contributed by atoms with Gasteiger partial charge < -0.3 is 14.6 Å². The maximum atomic E-state index is 12.9. The lowest BCUT2D eigenvalue weighted by Crippen LogP contribution is -2.18. The molecule has 25 heavy (non-hydrogen) atoms. The van der Waals surface area contributed by atoms with Gasteiger partial charge >= 0.3 is 0 Å². The molecule has 1 aromatic heterocycles. The van der Waals surface area contributed by atoms with Crippen LogP contribution in [0.3, 0.4) is 0 Å². The predicted molar refractivity (Wildman–Crippen MR) is 91.4 cm³/mol. The van der Waals surface area contributed by atoms with E-state index in [1.165, 1.54) is 12.1 Å². The normalized spacial score (nSPS) is 10.6. The first-order chi connectivity index (χ1) is 12.1. The average molecular weight is 340 g/mol. The van der Waals surface area contributed by atoms with E-state index in [4.69, 9.17) is 9.26 Å². The Kier molecular flexibility index (Phi) is 5.20. The lowest BCUT2D eigenvalue weighted by Gasteiger charge is -2.07. The molecule has 1 amide bonds. The van der Waals surface area contributed by atoms with Crippen LogP contribution in [0.2, 0.25) is 0 Å². The predicted octanol–water partition coefficient (Wildman–Crippen LogP) is 3.94. The third-order valence-corrected chi connectivity index (χ3v) is 3.59. The summed E-state index contributed by atoms with van der Waals surface area (Å²) in [5, 5.41) is 6.67. The molecule has 6 heteroatoms. The molecule has 0 radical (unpaired) electrons. The zero-order chi connectivity index (χ0) is 17.6. The van der Waals surface area contributed by atoms with Crippen molar-refractivity contribution in [3.8, 4) is 11.3 Å². The van der Waals surface area contributed by atoms with Crippen molar-refractivity contribution >= 4 is 11.6 Å². The molecule has 0 bridgehead atoms. The van der Waals surface area contributed by atoms with Crippen molar-refractivity contribution < 1.29 is 18.4 Å². The van der Waals surface area contributed by atoms with Gasteiger partial charge in [0, 0.05) is 17.3 Å². The quantitative estimate of drug-likeness (QED) is 0.738. The average Bonchev–Trinajstić information content (AvgIpc) is 3.06. The molecular formula is C19H17FN2O3. The zero-order valence-electron chi connectivity index (χ0n) is 13.7. The topological polar surface area (TPSA) is 64.4 Å². The summed E-state index contributed by atoms with van der Waals surface area (Å²) in [7, 11) is 0. The van der Waals surface area contributed by atoms with Crippen LogP contribution in [0.15, 0.2) is 59.1 Å². The first-order valence-electron chi connectivity index (χ1n) is 7.76. The molecule has 0 saturated heterocycles. The van der Waals surface area contributed by atoms with Crippen LogP contribution in [0, 0.1) is 12.7 Å². The van der Waals surface area contributed by atoms with E-state index in [2.05, 4.69) is 10.5 Å². The van der Waals surface area contributed by atoms with Crippen LogP contribution in [0.4, 0.5) is 10.1 Å². The summed E-state index contributed by atoms with van der Waals surface area (Å²) < 4.78 is 23.5. The maximum absolute atomic E-state index is 12.9. The number of carbonyl (C=O) groups is 1. The molecule has 3 rings (SSSR count). The number of hydrogen-bond acceptors (Lipinski definition) is 4. The van der Waals surface area contributed by atoms with Gasteiger partial charge in [0.05, 0.1) is 6.61 Å². The lowest BCUT2D eigenvalue weighted by molar-refractivity contribution is -0.121. The molecule has 0 aliphatic heterocycles. The fourth-order valence-electron chi connectivity index (χ4n) is 2.28. The Morgan fingerprint density at radius 3 is 2.72 bits per heavy atom. The fourth-order valence-corrected chi connectivity index (χ4v) is 2.28. The molecule has 2 aromatic carbocycles. The lowest BCUT2D eigenvalue weighted by atomic mass is 10.1. The van der Waals surface area contributed by atoms with Crippen molar-refractivity contribution in [2.45, 2.75) is 13.5 Å². The summed E-state index contributed by atoms with van der Waals surface area (Å²) in [4.78, 5) is 11.9. The Bertz CT molecular complexity index is 859. The number of para-hydroxylation sites is 1. The van der Waals surface area contributed by atoms with Gasteiger partial charge in [-0.3, -0.25) is 4.79 Å². The van der Waals surface area contributed by atoms with E-state index >= 15 is 0 Å². The standard InChI is InChI=1S/C19H17FN2O3/c1-13-4-2-3-5-17(13)21-19(23)12-24-11-16-10-18(25-22-16)14-6-8-15(20)9-7-14/h2-10H,11-12H2,1H3,(H,21,23). The number of aryl methyl sites for hydroxylation is 1. The highest BCUT2D eigenvalue weighted by Crippen LogP contribution is 2.21. The molecule has 128 valence electrons. The number of carbonyl (C=O) groups excluding carboxylic acids is 1. The summed E-state index contributed by atoms with van der Waals surface area (Å²) >= 11 is 0. The van der Waals surface area contributed by atoms with Gasteiger partial charge in [-0.15, -0.1) is 0 Å². The van der Waals surface area contributed by atoms with Crippen LogP contribution in [-0.4, -0.2) is 17.7 Å². The van der Waals surface area contributed by atoms with Crippen LogP contribution < -0.4 is 5.32 Å². The molecule has 0 atom stereocenters. The highest BCUT2D eigenvalue weighted by Gasteiger charge is 2.09. The minimum Gasteiger partial charge on any atom is -0.365 e. The van der Waals surface area contributed by atoms with Crippen LogP contribution in [0.25, 0.3) is 11.3 Å². The second-order valence-corrected chi connectivity index (χ2v) is 5.55. The van der Waals surface area contributed by atoms with Crippen LogP contribution in [0.1, 0.15) is 11.3 Å². The number of hydrogen-bond donors (Lipinski definition) is 1. The third-order valence-electron chi connectivity index (χ3n) is 3.59. The maximum Gasteiger partial charge on any atom is 0.250 e. The number of halogens is 1. The van der Waals surface area contributed by atoms with Gasteiger partial charge in [-0.1, -0.05) is 23.4 Å². The number of aromatic nitrogens is 1. The van der Waals surface area contributed by atoms with Crippen LogP contribution >= 0.6 is 0 Å². The second-order valence-electron chi connectivity index (χ2n) is 5.55. The summed E-state index contributed by atoms with van der Waals surface area (Å²) in [5.74, 6) is -0.0361. The van der Waals surface area contributed by atoms with Gasteiger partial charge in [-0.25, -0.2) is 4.39 Å². The molecular weight excluding hydrogens is 323 g/mol. The number of anilines is 1. The smallest absolute Gasteiger partial charge is 0.250 e. The first kappa shape index (κ1) is 16.9. The Morgan fingerprint density at radius 2 is 1.96 bits per heavy atom. The van der Waals surface area contributed by atoms with Crippen LogP contribution in [-0.2, 0) is 16.1 Å². The van der Waals surface area contributed by atoms with Gasteiger partial charge in [-0.05, 0) is 42.8 Å². The monoisotopic (exact) mass is 340 g/mol. The Labute approximate surface area is 144 Å². The largest absolute Gasteiger partial charge is 0.365 e. The van der Waals surface area contributed by atoms with Gasteiger partial charge in [0.1, 0.15) is 18.1 Å². The highest BCUT2D eigenvalue weighted by molar-refractivity contribution is 5.92. The molecule has 1 N–H and O–H groups in total. The number of nitrogens with zero attached hydrogens (tertiary/aromatic N) is 1. The summed E-state index contributed by atoms with van der Waals surface area (Å²) in [6.45, 7) is 1.97. The van der Waals surface area contributed by atoms with Crippen molar-refractivity contribution in [2.24, 2.45) is 0 Å². The number of benzene rings is 2. The molecule has 0 aliphatic carbocycles. The third kappa shape index (κ3) is 4.51. The Morgan fingerprint density at radius 1 is 1.20 bits per heavy atom. The van der Waals surface area contributed by atoms with E-state index in [9.17, 15) is 9.18 Å². The van der Waals surface area contributed by atoms with Gasteiger partial charge in [-0.2, -0.15) is 0 Å². The Balaban J connectivity index is 1.50. The van der Waals surface area contributed by atoms with Crippen LogP contribution in [0.5, 0.6) is 0 Å². The molecule has 3 aromatic rings. The van der Waals surface area contributed by atoms with E-state index in [1.54, 1.807) is 18.2 Å². The second kappa shape index (κ2) is 7.72. The van der Waals surface area contributed by atoms with Gasteiger partial charge in [0.2, 0.25) is 5.91 Å². The Hall–Kier alpha value is -2.99. The molecule has 1 heterocycles. The van der Waals surface area contributed by atoms with E-state index in [1.807, 2.05) is 31.2 Å². The molecule has 5 nitrogen and oxygen atoms in total. The van der Waals surface area contributed by atoms with Gasteiger partial charge in [0.15, 0.2) is 5.76 Å². The molecule has 0 aliphatic rings. The summed E-state index contributed by atoms with van der Waals surface area (Å²) in [6.07, 6.45) is 0. The molecule has 0 fully saturated rings. The summed E-state index contributed by atoms with van der Waals surface area (Å²) in [5.41, 5.74) is 3.02.